The van der Waals surface area contributed by atoms with E-state index in [1.807, 2.05) is 6.07 Å². The van der Waals surface area contributed by atoms with Gasteiger partial charge in [0.25, 0.3) is 0 Å². The number of nitrogens with zero attached hydrogens (tertiary/aromatic N) is 2. The van der Waals surface area contributed by atoms with Gasteiger partial charge >= 0.3 is 0 Å². The predicted molar refractivity (Wildman–Crippen MR) is 40.8 cm³/mol. The Morgan fingerprint density at radius 1 is 1.75 bits per heavy atom. The largest absolute Gasteiger partial charge is 0.381 e. The minimum atomic E-state index is 0.311. The molecular weight excluding hydrogens is 158 g/mol. The number of anilines is 1. The van der Waals surface area contributed by atoms with E-state index < -0.39 is 0 Å². The molecule has 1 rings (SSSR count). The van der Waals surface area contributed by atoms with E-state index in [2.05, 4.69) is 5.16 Å². The first-order valence-electron chi connectivity index (χ1n) is 3.48. The number of ether oxygens (including phenoxy) is 1. The molecule has 0 amide bonds. The van der Waals surface area contributed by atoms with Crippen LogP contribution in [0.1, 0.15) is 12.2 Å². The van der Waals surface area contributed by atoms with Crippen LogP contribution in [-0.2, 0) is 11.3 Å². The van der Waals surface area contributed by atoms with Gasteiger partial charge in [-0.05, 0) is 0 Å². The fourth-order valence-corrected chi connectivity index (χ4v) is 0.688. The highest BCUT2D eigenvalue weighted by molar-refractivity contribution is 5.25. The molecule has 0 aromatic carbocycles. The topological polar surface area (TPSA) is 85.1 Å². The van der Waals surface area contributed by atoms with E-state index in [1.165, 1.54) is 0 Å². The Morgan fingerprint density at radius 2 is 2.58 bits per heavy atom. The first-order valence-corrected chi connectivity index (χ1v) is 3.48. The summed E-state index contributed by atoms with van der Waals surface area (Å²) >= 11 is 0. The molecule has 0 saturated heterocycles. The minimum Gasteiger partial charge on any atom is -0.381 e. The molecule has 0 atom stereocenters. The van der Waals surface area contributed by atoms with Crippen LogP contribution in [0.3, 0.4) is 0 Å². The van der Waals surface area contributed by atoms with Crippen molar-refractivity contribution in [1.29, 1.82) is 5.26 Å². The zero-order valence-electron chi connectivity index (χ0n) is 6.49. The Balaban J connectivity index is 2.21. The van der Waals surface area contributed by atoms with Gasteiger partial charge in [0, 0.05) is 6.07 Å². The minimum absolute atomic E-state index is 0.311. The molecule has 64 valence electrons. The van der Waals surface area contributed by atoms with Crippen molar-refractivity contribution in [3.8, 4) is 6.07 Å². The summed E-state index contributed by atoms with van der Waals surface area (Å²) < 4.78 is 9.82. The molecule has 1 aromatic heterocycles. The van der Waals surface area contributed by atoms with Crippen molar-refractivity contribution in [2.45, 2.75) is 13.0 Å². The number of nitriles is 1. The maximum atomic E-state index is 8.18. The first-order chi connectivity index (χ1) is 5.83. The van der Waals surface area contributed by atoms with Gasteiger partial charge in [-0.3, -0.25) is 0 Å². The highest BCUT2D eigenvalue weighted by atomic mass is 16.5. The Labute approximate surface area is 69.7 Å². The number of hydrogen-bond acceptors (Lipinski definition) is 5. The Hall–Kier alpha value is -1.54. The average molecular weight is 167 g/mol. The third-order valence-corrected chi connectivity index (χ3v) is 1.18. The summed E-state index contributed by atoms with van der Waals surface area (Å²) in [5, 5.41) is 11.7. The third-order valence-electron chi connectivity index (χ3n) is 1.18. The molecule has 5 heteroatoms. The maximum Gasteiger partial charge on any atom is 0.167 e. The van der Waals surface area contributed by atoms with Gasteiger partial charge in [0.1, 0.15) is 6.61 Å². The number of aromatic nitrogens is 1. The Kier molecular flexibility index (Phi) is 3.11. The van der Waals surface area contributed by atoms with Crippen molar-refractivity contribution in [2.75, 3.05) is 12.3 Å². The molecule has 12 heavy (non-hydrogen) atoms. The second-order valence-electron chi connectivity index (χ2n) is 2.18. The van der Waals surface area contributed by atoms with E-state index >= 15 is 0 Å². The highest BCUT2D eigenvalue weighted by Gasteiger charge is 1.99. The number of nitrogens with two attached hydrogens (primary N) is 1. The molecule has 0 saturated carbocycles. The lowest BCUT2D eigenvalue weighted by molar-refractivity contribution is 0.106. The van der Waals surface area contributed by atoms with E-state index in [-0.39, 0.29) is 0 Å². The number of rotatable bonds is 4. The summed E-state index contributed by atoms with van der Waals surface area (Å²) in [4.78, 5) is 0. The molecular formula is C7H9N3O2. The van der Waals surface area contributed by atoms with Crippen molar-refractivity contribution in [1.82, 2.24) is 5.16 Å². The Morgan fingerprint density at radius 3 is 3.17 bits per heavy atom. The predicted octanol–water partition coefficient (Wildman–Crippen LogP) is 0.687. The molecule has 0 bridgehead atoms. The molecule has 0 aliphatic carbocycles. The molecule has 2 N–H and O–H groups in total. The fourth-order valence-electron chi connectivity index (χ4n) is 0.688. The maximum absolute atomic E-state index is 8.18. The molecule has 0 spiro atoms. The highest BCUT2D eigenvalue weighted by Crippen LogP contribution is 2.05. The lowest BCUT2D eigenvalue weighted by Crippen LogP contribution is -1.92. The van der Waals surface area contributed by atoms with Gasteiger partial charge in [-0.2, -0.15) is 5.26 Å². The lowest BCUT2D eigenvalue weighted by Gasteiger charge is -1.94. The summed E-state index contributed by atoms with van der Waals surface area (Å²) in [6.07, 6.45) is 0.379. The average Bonchev–Trinajstić information content (AvgIpc) is 2.45. The van der Waals surface area contributed by atoms with Crippen molar-refractivity contribution in [2.24, 2.45) is 0 Å². The van der Waals surface area contributed by atoms with E-state index in [1.54, 1.807) is 6.07 Å². The third kappa shape index (κ3) is 2.60. The monoisotopic (exact) mass is 167 g/mol. The van der Waals surface area contributed by atoms with Crippen LogP contribution in [0, 0.1) is 11.3 Å². The standard InChI is InChI=1S/C7H9N3O2/c8-2-1-3-11-5-6-4-7(9)10-12-6/h4H,1,3,5H2,(H2,9,10). The van der Waals surface area contributed by atoms with Crippen LogP contribution in [0.15, 0.2) is 10.6 Å². The fraction of sp³-hybridized carbons (Fsp3) is 0.429. The van der Waals surface area contributed by atoms with Crippen LogP contribution in [0.4, 0.5) is 5.82 Å². The summed E-state index contributed by atoms with van der Waals surface area (Å²) in [6.45, 7) is 0.711. The van der Waals surface area contributed by atoms with Crippen LogP contribution in [0.2, 0.25) is 0 Å². The van der Waals surface area contributed by atoms with Crippen LogP contribution >= 0.6 is 0 Å². The van der Waals surface area contributed by atoms with E-state index in [0.717, 1.165) is 0 Å². The molecule has 1 aromatic rings. The normalized spacial score (nSPS) is 9.58. The van der Waals surface area contributed by atoms with Crippen LogP contribution in [-0.4, -0.2) is 11.8 Å². The van der Waals surface area contributed by atoms with Gasteiger partial charge in [0.2, 0.25) is 0 Å². The summed E-state index contributed by atoms with van der Waals surface area (Å²) in [5.74, 6) is 0.916. The van der Waals surface area contributed by atoms with Gasteiger partial charge < -0.3 is 15.0 Å². The molecule has 0 aliphatic heterocycles. The van der Waals surface area contributed by atoms with Crippen molar-refractivity contribution in [3.63, 3.8) is 0 Å². The second-order valence-corrected chi connectivity index (χ2v) is 2.18. The van der Waals surface area contributed by atoms with E-state index in [4.69, 9.17) is 20.3 Å². The van der Waals surface area contributed by atoms with Crippen molar-refractivity contribution >= 4 is 5.82 Å². The van der Waals surface area contributed by atoms with Crippen LogP contribution in [0.25, 0.3) is 0 Å². The second kappa shape index (κ2) is 4.36. The van der Waals surface area contributed by atoms with Gasteiger partial charge in [-0.25, -0.2) is 0 Å². The zero-order valence-corrected chi connectivity index (χ0v) is 6.49. The quantitative estimate of drug-likeness (QED) is 0.666. The molecule has 5 nitrogen and oxygen atoms in total. The lowest BCUT2D eigenvalue weighted by atomic mass is 10.4. The zero-order chi connectivity index (χ0) is 8.81. The Bertz CT molecular complexity index is 276. The smallest absolute Gasteiger partial charge is 0.167 e. The number of nitrogen functional groups attached to an aromatic ring is 1. The van der Waals surface area contributed by atoms with Crippen molar-refractivity contribution in [3.05, 3.63) is 11.8 Å². The van der Waals surface area contributed by atoms with Crippen molar-refractivity contribution < 1.29 is 9.26 Å². The van der Waals surface area contributed by atoms with E-state index in [9.17, 15) is 0 Å². The summed E-state index contributed by atoms with van der Waals surface area (Å²) in [7, 11) is 0. The van der Waals surface area contributed by atoms with Crippen LogP contribution in [0.5, 0.6) is 0 Å². The SMILES string of the molecule is N#CCCOCc1cc(N)no1. The first kappa shape index (κ1) is 8.56. The summed E-state index contributed by atoms with van der Waals surface area (Å²) in [6, 6.07) is 3.55. The van der Waals surface area contributed by atoms with Gasteiger partial charge in [-0.1, -0.05) is 5.16 Å². The molecule has 0 radical (unpaired) electrons. The molecule has 0 unspecified atom stereocenters. The van der Waals surface area contributed by atoms with Gasteiger partial charge in [0.05, 0.1) is 19.1 Å². The van der Waals surface area contributed by atoms with Gasteiger partial charge in [0.15, 0.2) is 11.6 Å². The summed E-state index contributed by atoms with van der Waals surface area (Å²) in [5.41, 5.74) is 5.30. The number of hydrogen-bond donors (Lipinski definition) is 1. The molecule has 1 heterocycles. The van der Waals surface area contributed by atoms with Gasteiger partial charge in [-0.15, -0.1) is 0 Å². The molecule has 0 fully saturated rings. The van der Waals surface area contributed by atoms with Crippen LogP contribution < -0.4 is 5.73 Å². The molecule has 0 aliphatic rings. The van der Waals surface area contributed by atoms with E-state index in [0.29, 0.717) is 31.2 Å².